The molecule has 1 aromatic heterocycles. The Balaban J connectivity index is 2.56. The molecule has 1 heterocycles. The Morgan fingerprint density at radius 2 is 2.00 bits per heavy atom. The van der Waals surface area contributed by atoms with Crippen molar-refractivity contribution in [3.8, 4) is 5.75 Å². The lowest BCUT2D eigenvalue weighted by atomic mass is 9.65. The van der Waals surface area contributed by atoms with Crippen LogP contribution in [0.3, 0.4) is 0 Å². The van der Waals surface area contributed by atoms with Crippen molar-refractivity contribution in [2.24, 2.45) is 17.8 Å². The lowest BCUT2D eigenvalue weighted by molar-refractivity contribution is -0.0943. The number of aromatic nitrogens is 2. The van der Waals surface area contributed by atoms with Gasteiger partial charge in [0.1, 0.15) is 11.3 Å². The Hall–Kier alpha value is -1.03. The molecule has 2 rings (SSSR count). The van der Waals surface area contributed by atoms with Gasteiger partial charge in [-0.3, -0.25) is 4.68 Å². The second-order valence-corrected chi connectivity index (χ2v) is 7.26. The highest BCUT2D eigenvalue weighted by atomic mass is 16.5. The van der Waals surface area contributed by atoms with Crippen molar-refractivity contribution in [1.82, 2.24) is 9.78 Å². The molecule has 120 valence electrons. The molecule has 0 aromatic carbocycles. The van der Waals surface area contributed by atoms with E-state index < -0.39 is 5.60 Å². The molecular weight excluding hydrogens is 264 g/mol. The Kier molecular flexibility index (Phi) is 4.66. The van der Waals surface area contributed by atoms with Crippen LogP contribution in [0, 0.1) is 17.8 Å². The van der Waals surface area contributed by atoms with Crippen LogP contribution in [0.15, 0.2) is 6.20 Å². The number of ether oxygens (including phenoxy) is 1. The van der Waals surface area contributed by atoms with Crippen LogP contribution in [0.25, 0.3) is 0 Å². The number of hydrogen-bond acceptors (Lipinski definition) is 3. The van der Waals surface area contributed by atoms with Crippen LogP contribution in [0.5, 0.6) is 5.75 Å². The highest BCUT2D eigenvalue weighted by molar-refractivity contribution is 5.33. The molecule has 1 aliphatic carbocycles. The first-order valence-corrected chi connectivity index (χ1v) is 8.15. The second kappa shape index (κ2) is 5.99. The Labute approximate surface area is 128 Å². The summed E-state index contributed by atoms with van der Waals surface area (Å²) in [5.74, 6) is 1.91. The fraction of sp³-hybridized carbons (Fsp3) is 0.824. The van der Waals surface area contributed by atoms with Crippen molar-refractivity contribution in [3.63, 3.8) is 0 Å². The molecule has 0 aliphatic heterocycles. The van der Waals surface area contributed by atoms with Crippen LogP contribution >= 0.6 is 0 Å². The first-order valence-electron chi connectivity index (χ1n) is 8.15. The van der Waals surface area contributed by atoms with Gasteiger partial charge >= 0.3 is 0 Å². The minimum absolute atomic E-state index is 0.206. The van der Waals surface area contributed by atoms with Gasteiger partial charge in [0.05, 0.1) is 13.3 Å². The van der Waals surface area contributed by atoms with Crippen molar-refractivity contribution >= 4 is 0 Å². The molecule has 1 aromatic rings. The van der Waals surface area contributed by atoms with Gasteiger partial charge in [0.25, 0.3) is 0 Å². The summed E-state index contributed by atoms with van der Waals surface area (Å²) in [6, 6.07) is 0.206. The first kappa shape index (κ1) is 16.3. The van der Waals surface area contributed by atoms with E-state index in [1.54, 1.807) is 13.3 Å². The average molecular weight is 294 g/mol. The predicted octanol–water partition coefficient (Wildman–Crippen LogP) is 3.75. The molecule has 0 amide bonds. The summed E-state index contributed by atoms with van der Waals surface area (Å²) in [4.78, 5) is 0. The quantitative estimate of drug-likeness (QED) is 0.920. The maximum absolute atomic E-state index is 11.6. The normalized spacial score (nSPS) is 30.1. The maximum Gasteiger partial charge on any atom is 0.162 e. The van der Waals surface area contributed by atoms with Gasteiger partial charge in [-0.15, -0.1) is 0 Å². The molecule has 4 heteroatoms. The van der Waals surface area contributed by atoms with Crippen LogP contribution in [-0.2, 0) is 5.60 Å². The van der Waals surface area contributed by atoms with Gasteiger partial charge in [0, 0.05) is 6.04 Å². The van der Waals surface area contributed by atoms with E-state index in [9.17, 15) is 5.11 Å². The van der Waals surface area contributed by atoms with Crippen LogP contribution in [0.1, 0.15) is 65.6 Å². The van der Waals surface area contributed by atoms with Gasteiger partial charge in [-0.25, -0.2) is 0 Å². The molecular formula is C17H30N2O2. The van der Waals surface area contributed by atoms with Gasteiger partial charge in [-0.05, 0) is 44.4 Å². The fourth-order valence-electron chi connectivity index (χ4n) is 3.94. The van der Waals surface area contributed by atoms with Crippen molar-refractivity contribution in [3.05, 3.63) is 11.9 Å². The molecule has 21 heavy (non-hydrogen) atoms. The maximum atomic E-state index is 11.6. The molecule has 0 saturated heterocycles. The van der Waals surface area contributed by atoms with Crippen LogP contribution in [0.4, 0.5) is 0 Å². The van der Waals surface area contributed by atoms with E-state index in [2.05, 4.69) is 39.7 Å². The minimum Gasteiger partial charge on any atom is -0.493 e. The zero-order valence-corrected chi connectivity index (χ0v) is 14.3. The van der Waals surface area contributed by atoms with Crippen molar-refractivity contribution in [1.29, 1.82) is 0 Å². The third-order valence-corrected chi connectivity index (χ3v) is 4.93. The summed E-state index contributed by atoms with van der Waals surface area (Å²) in [5, 5.41) is 16.1. The Morgan fingerprint density at radius 1 is 1.33 bits per heavy atom. The van der Waals surface area contributed by atoms with E-state index in [0.29, 0.717) is 17.6 Å². The zero-order valence-electron chi connectivity index (χ0n) is 14.3. The topological polar surface area (TPSA) is 47.3 Å². The summed E-state index contributed by atoms with van der Waals surface area (Å²) in [6.45, 7) is 10.8. The summed E-state index contributed by atoms with van der Waals surface area (Å²) in [5.41, 5.74) is 0.0167. The van der Waals surface area contributed by atoms with Gasteiger partial charge in [-0.2, -0.15) is 5.10 Å². The van der Waals surface area contributed by atoms with Crippen LogP contribution in [-0.4, -0.2) is 22.0 Å². The lowest BCUT2D eigenvalue weighted by Crippen LogP contribution is -2.45. The van der Waals surface area contributed by atoms with Crippen LogP contribution in [0.2, 0.25) is 0 Å². The largest absolute Gasteiger partial charge is 0.493 e. The summed E-state index contributed by atoms with van der Waals surface area (Å²) < 4.78 is 7.45. The Bertz CT molecular complexity index is 481. The number of rotatable bonds is 4. The number of methoxy groups -OCH3 is 1. The number of nitrogens with zero attached hydrogens (tertiary/aromatic N) is 2. The summed E-state index contributed by atoms with van der Waals surface area (Å²) in [6.07, 6.45) is 4.76. The molecule has 0 bridgehead atoms. The third kappa shape index (κ3) is 2.83. The van der Waals surface area contributed by atoms with E-state index in [1.165, 1.54) is 6.42 Å². The fourth-order valence-corrected chi connectivity index (χ4v) is 3.94. The van der Waals surface area contributed by atoms with Crippen molar-refractivity contribution in [2.75, 3.05) is 7.11 Å². The van der Waals surface area contributed by atoms with Crippen molar-refractivity contribution in [2.45, 2.75) is 65.5 Å². The highest BCUT2D eigenvalue weighted by Gasteiger charge is 2.48. The third-order valence-electron chi connectivity index (χ3n) is 4.93. The van der Waals surface area contributed by atoms with Gasteiger partial charge in [0.15, 0.2) is 5.75 Å². The van der Waals surface area contributed by atoms with E-state index >= 15 is 0 Å². The number of hydrogen-bond donors (Lipinski definition) is 1. The number of aliphatic hydroxyl groups is 1. The SMILES string of the molecule is COc1cnn(C(C)C)c1C1(O)CC(C)CCC1C(C)C. The zero-order chi connectivity index (χ0) is 15.8. The summed E-state index contributed by atoms with van der Waals surface area (Å²) >= 11 is 0. The first-order chi connectivity index (χ1) is 9.81. The molecule has 4 nitrogen and oxygen atoms in total. The van der Waals surface area contributed by atoms with Gasteiger partial charge in [-0.1, -0.05) is 27.2 Å². The molecule has 1 fully saturated rings. The van der Waals surface area contributed by atoms with E-state index in [1.807, 2.05) is 4.68 Å². The molecule has 1 aliphatic rings. The van der Waals surface area contributed by atoms with E-state index in [0.717, 1.165) is 18.5 Å². The van der Waals surface area contributed by atoms with Crippen molar-refractivity contribution < 1.29 is 9.84 Å². The van der Waals surface area contributed by atoms with Gasteiger partial charge < -0.3 is 9.84 Å². The molecule has 3 unspecified atom stereocenters. The standard InChI is InChI=1S/C17H30N2O2/c1-11(2)14-8-7-13(5)9-17(14,20)16-15(21-6)10-18-19(16)12(3)4/h10-14,20H,7-9H2,1-6H3. The molecule has 1 N–H and O–H groups in total. The average Bonchev–Trinajstić information content (AvgIpc) is 2.82. The van der Waals surface area contributed by atoms with Gasteiger partial charge in [0.2, 0.25) is 0 Å². The summed E-state index contributed by atoms with van der Waals surface area (Å²) in [7, 11) is 1.66. The predicted molar refractivity (Wildman–Crippen MR) is 84.4 cm³/mol. The Morgan fingerprint density at radius 3 is 2.52 bits per heavy atom. The monoisotopic (exact) mass is 294 g/mol. The lowest BCUT2D eigenvalue weighted by Gasteiger charge is -2.45. The molecule has 3 atom stereocenters. The van der Waals surface area contributed by atoms with Crippen LogP contribution < -0.4 is 4.74 Å². The molecule has 0 radical (unpaired) electrons. The molecule has 0 spiro atoms. The van der Waals surface area contributed by atoms with E-state index in [-0.39, 0.29) is 12.0 Å². The highest BCUT2D eigenvalue weighted by Crippen LogP contribution is 2.49. The smallest absolute Gasteiger partial charge is 0.162 e. The minimum atomic E-state index is -0.849. The second-order valence-electron chi connectivity index (χ2n) is 7.26. The van der Waals surface area contributed by atoms with E-state index in [4.69, 9.17) is 4.74 Å². The molecule has 1 saturated carbocycles.